The molecule has 1 atom stereocenters. The van der Waals surface area contributed by atoms with Crippen LogP contribution in [0.5, 0.6) is 0 Å². The lowest BCUT2D eigenvalue weighted by Crippen LogP contribution is -2.35. The van der Waals surface area contributed by atoms with Crippen LogP contribution in [-0.4, -0.2) is 14.5 Å². The van der Waals surface area contributed by atoms with Crippen LogP contribution in [0, 0.1) is 5.92 Å². The quantitative estimate of drug-likeness (QED) is 0.794. The van der Waals surface area contributed by atoms with Crippen molar-refractivity contribution in [3.63, 3.8) is 0 Å². The summed E-state index contributed by atoms with van der Waals surface area (Å²) in [5.41, 5.74) is 5.92. The van der Waals surface area contributed by atoms with E-state index in [-0.39, 0.29) is 21.6 Å². The Labute approximate surface area is 119 Å². The molecule has 0 amide bonds. The van der Waals surface area contributed by atoms with Crippen LogP contribution in [0.3, 0.4) is 0 Å². The molecular weight excluding hydrogens is 284 g/mol. The smallest absolute Gasteiger partial charge is 0.244 e. The van der Waals surface area contributed by atoms with E-state index in [1.807, 2.05) is 6.92 Å². The van der Waals surface area contributed by atoms with Crippen LogP contribution >= 0.6 is 11.6 Å². The molecule has 0 bridgehead atoms. The minimum atomic E-state index is -3.66. The average Bonchev–Trinajstić information content (AvgIpc) is 3.11. The number of anilines is 1. The number of nitrogen functional groups attached to an aromatic ring is 1. The molecule has 1 aliphatic carbocycles. The van der Waals surface area contributed by atoms with Gasteiger partial charge in [0.25, 0.3) is 0 Å². The van der Waals surface area contributed by atoms with Gasteiger partial charge in [-0.15, -0.1) is 0 Å². The van der Waals surface area contributed by atoms with Crippen LogP contribution in [0.25, 0.3) is 0 Å². The second-order valence-corrected chi connectivity index (χ2v) is 7.12. The number of rotatable bonds is 6. The van der Waals surface area contributed by atoms with E-state index in [0.717, 1.165) is 12.8 Å². The molecule has 0 spiro atoms. The van der Waals surface area contributed by atoms with E-state index < -0.39 is 10.0 Å². The molecule has 1 fully saturated rings. The summed E-state index contributed by atoms with van der Waals surface area (Å²) < 4.78 is 27.5. The first-order chi connectivity index (χ1) is 8.94. The van der Waals surface area contributed by atoms with Gasteiger partial charge in [-0.2, -0.15) is 0 Å². The van der Waals surface area contributed by atoms with E-state index in [1.165, 1.54) is 18.9 Å². The zero-order valence-corrected chi connectivity index (χ0v) is 12.5. The van der Waals surface area contributed by atoms with Crippen molar-refractivity contribution in [3.05, 3.63) is 23.2 Å². The third-order valence-corrected chi connectivity index (χ3v) is 5.46. The van der Waals surface area contributed by atoms with Gasteiger partial charge in [0.05, 0.1) is 10.7 Å². The Hall–Kier alpha value is -0.780. The molecule has 2 rings (SSSR count). The number of hydrogen-bond acceptors (Lipinski definition) is 3. The third kappa shape index (κ3) is 3.61. The van der Waals surface area contributed by atoms with Crippen molar-refractivity contribution in [3.8, 4) is 0 Å². The first kappa shape index (κ1) is 14.6. The van der Waals surface area contributed by atoms with Gasteiger partial charge < -0.3 is 5.73 Å². The molecule has 1 saturated carbocycles. The van der Waals surface area contributed by atoms with Gasteiger partial charge in [-0.3, -0.25) is 0 Å². The van der Waals surface area contributed by atoms with Crippen LogP contribution in [0.4, 0.5) is 5.69 Å². The molecule has 0 heterocycles. The van der Waals surface area contributed by atoms with E-state index in [0.29, 0.717) is 5.92 Å². The summed E-state index contributed by atoms with van der Waals surface area (Å²) in [4.78, 5) is -0.00841. The molecule has 1 aliphatic rings. The lowest BCUT2D eigenvalue weighted by atomic mass is 10.1. The lowest BCUT2D eigenvalue weighted by molar-refractivity contribution is 0.495. The molecule has 1 unspecified atom stereocenters. The van der Waals surface area contributed by atoms with Gasteiger partial charge in [0.1, 0.15) is 4.90 Å². The second-order valence-electron chi connectivity index (χ2n) is 5.06. The first-order valence-corrected chi connectivity index (χ1v) is 8.36. The van der Waals surface area contributed by atoms with E-state index in [2.05, 4.69) is 4.72 Å². The zero-order chi connectivity index (χ0) is 14.0. The Balaban J connectivity index is 2.21. The monoisotopic (exact) mass is 302 g/mol. The highest BCUT2D eigenvalue weighted by molar-refractivity contribution is 7.89. The maximum Gasteiger partial charge on any atom is 0.244 e. The predicted molar refractivity (Wildman–Crippen MR) is 77.6 cm³/mol. The fourth-order valence-electron chi connectivity index (χ4n) is 2.14. The fraction of sp³-hybridized carbons (Fsp3) is 0.538. The Bertz CT molecular complexity index is 536. The maximum atomic E-state index is 12.4. The summed E-state index contributed by atoms with van der Waals surface area (Å²) in [6.45, 7) is 1.98. The van der Waals surface area contributed by atoms with Gasteiger partial charge in [0.2, 0.25) is 10.0 Å². The SMILES string of the molecule is CCC(CC1CC1)NS(=O)(=O)c1c(N)cccc1Cl. The molecule has 0 aromatic heterocycles. The van der Waals surface area contributed by atoms with E-state index in [9.17, 15) is 8.42 Å². The summed E-state index contributed by atoms with van der Waals surface area (Å²) in [5, 5.41) is 0.161. The molecule has 4 nitrogen and oxygen atoms in total. The minimum Gasteiger partial charge on any atom is -0.398 e. The fourth-order valence-corrected chi connectivity index (χ4v) is 4.15. The molecule has 1 aromatic rings. The highest BCUT2D eigenvalue weighted by Crippen LogP contribution is 2.35. The Kier molecular flexibility index (Phi) is 4.38. The maximum absolute atomic E-state index is 12.4. The molecule has 1 aromatic carbocycles. The van der Waals surface area contributed by atoms with Crippen molar-refractivity contribution < 1.29 is 8.42 Å². The molecule has 6 heteroatoms. The van der Waals surface area contributed by atoms with Gasteiger partial charge in [-0.05, 0) is 30.9 Å². The molecule has 19 heavy (non-hydrogen) atoms. The topological polar surface area (TPSA) is 72.2 Å². The summed E-state index contributed by atoms with van der Waals surface area (Å²) in [6, 6.07) is 4.67. The molecule has 0 radical (unpaired) electrons. The third-order valence-electron chi connectivity index (χ3n) is 3.40. The van der Waals surface area contributed by atoms with Crippen LogP contribution in [0.2, 0.25) is 5.02 Å². The second kappa shape index (κ2) is 5.69. The summed E-state index contributed by atoms with van der Waals surface area (Å²) >= 11 is 5.96. The number of nitrogens with one attached hydrogen (secondary N) is 1. The van der Waals surface area contributed by atoms with Crippen LogP contribution < -0.4 is 10.5 Å². The summed E-state index contributed by atoms with van der Waals surface area (Å²) in [6.07, 6.45) is 4.05. The zero-order valence-electron chi connectivity index (χ0n) is 10.9. The van der Waals surface area contributed by atoms with Crippen molar-refractivity contribution >= 4 is 27.3 Å². The largest absolute Gasteiger partial charge is 0.398 e. The van der Waals surface area contributed by atoms with Crippen molar-refractivity contribution in [1.29, 1.82) is 0 Å². The number of sulfonamides is 1. The number of halogens is 1. The van der Waals surface area contributed by atoms with E-state index in [4.69, 9.17) is 17.3 Å². The molecule has 0 saturated heterocycles. The van der Waals surface area contributed by atoms with Crippen molar-refractivity contribution in [2.24, 2.45) is 5.92 Å². The lowest BCUT2D eigenvalue weighted by Gasteiger charge is -2.18. The van der Waals surface area contributed by atoms with Crippen LogP contribution in [-0.2, 0) is 10.0 Å². The van der Waals surface area contributed by atoms with Gasteiger partial charge in [-0.25, -0.2) is 13.1 Å². The summed E-state index contributed by atoms with van der Waals surface area (Å²) in [5.74, 6) is 0.663. The normalized spacial score (nSPS) is 17.4. The van der Waals surface area contributed by atoms with Gasteiger partial charge >= 0.3 is 0 Å². The number of nitrogens with two attached hydrogens (primary N) is 1. The first-order valence-electron chi connectivity index (χ1n) is 6.50. The number of benzene rings is 1. The predicted octanol–water partition coefficient (Wildman–Crippen LogP) is 2.78. The van der Waals surface area contributed by atoms with Crippen molar-refractivity contribution in [2.45, 2.75) is 43.5 Å². The highest BCUT2D eigenvalue weighted by atomic mass is 35.5. The average molecular weight is 303 g/mol. The van der Waals surface area contributed by atoms with E-state index >= 15 is 0 Å². The molecule has 0 aliphatic heterocycles. The summed E-state index contributed by atoms with van der Waals surface area (Å²) in [7, 11) is -3.66. The van der Waals surface area contributed by atoms with Gasteiger partial charge in [-0.1, -0.05) is 37.4 Å². The molecule has 106 valence electrons. The Morgan fingerprint density at radius 1 is 1.47 bits per heavy atom. The van der Waals surface area contributed by atoms with Crippen molar-refractivity contribution in [1.82, 2.24) is 4.72 Å². The van der Waals surface area contributed by atoms with Crippen molar-refractivity contribution in [2.75, 3.05) is 5.73 Å². The minimum absolute atomic E-state index is 0.00841. The Morgan fingerprint density at radius 3 is 2.68 bits per heavy atom. The molecular formula is C13H19ClN2O2S. The highest BCUT2D eigenvalue weighted by Gasteiger charge is 2.29. The van der Waals surface area contributed by atoms with E-state index in [1.54, 1.807) is 12.1 Å². The number of hydrogen-bond donors (Lipinski definition) is 2. The van der Waals surface area contributed by atoms with Gasteiger partial charge in [0, 0.05) is 6.04 Å². The molecule has 3 N–H and O–H groups in total. The Morgan fingerprint density at radius 2 is 2.16 bits per heavy atom. The van der Waals surface area contributed by atoms with Crippen LogP contribution in [0.15, 0.2) is 23.1 Å². The van der Waals surface area contributed by atoms with Crippen LogP contribution in [0.1, 0.15) is 32.6 Å². The van der Waals surface area contributed by atoms with Gasteiger partial charge in [0.15, 0.2) is 0 Å². The standard InChI is InChI=1S/C13H19ClN2O2S/c1-2-10(8-9-6-7-9)16-19(17,18)13-11(14)4-3-5-12(13)15/h3-5,9-10,16H,2,6-8,15H2,1H3.